The summed E-state index contributed by atoms with van der Waals surface area (Å²) >= 11 is 7.47. The lowest BCUT2D eigenvalue weighted by atomic mass is 10.1. The molecule has 3 heterocycles. The molecule has 2 aliphatic heterocycles. The Kier molecular flexibility index (Phi) is 4.97. The van der Waals surface area contributed by atoms with Crippen LogP contribution in [0, 0.1) is 0 Å². The Bertz CT molecular complexity index is 763. The van der Waals surface area contributed by atoms with Crippen LogP contribution in [0.4, 0.5) is 0 Å². The molecule has 25 heavy (non-hydrogen) atoms. The third-order valence-electron chi connectivity index (χ3n) is 4.94. The highest BCUT2D eigenvalue weighted by Crippen LogP contribution is 2.25. The van der Waals surface area contributed by atoms with Gasteiger partial charge in [-0.1, -0.05) is 17.7 Å². The number of nitrogens with zero attached hydrogens (tertiary/aromatic N) is 2. The second-order valence-electron chi connectivity index (χ2n) is 6.65. The zero-order valence-corrected chi connectivity index (χ0v) is 15.6. The van der Waals surface area contributed by atoms with Crippen molar-refractivity contribution in [2.24, 2.45) is 0 Å². The molecule has 4 nitrogen and oxygen atoms in total. The van der Waals surface area contributed by atoms with Crippen molar-refractivity contribution in [1.82, 2.24) is 9.80 Å². The van der Waals surface area contributed by atoms with Gasteiger partial charge in [0.15, 0.2) is 0 Å². The molecule has 0 aliphatic carbocycles. The molecule has 0 N–H and O–H groups in total. The van der Waals surface area contributed by atoms with Gasteiger partial charge in [0.05, 0.1) is 4.88 Å². The van der Waals surface area contributed by atoms with Crippen molar-refractivity contribution in [3.05, 3.63) is 51.2 Å². The first kappa shape index (κ1) is 16.9. The summed E-state index contributed by atoms with van der Waals surface area (Å²) in [5.74, 6) is 0.898. The van der Waals surface area contributed by atoms with E-state index in [1.165, 1.54) is 30.7 Å². The van der Waals surface area contributed by atoms with Gasteiger partial charge < -0.3 is 9.64 Å². The first-order valence-electron chi connectivity index (χ1n) is 8.68. The molecule has 4 rings (SSSR count). The van der Waals surface area contributed by atoms with E-state index in [1.54, 1.807) is 6.07 Å². The summed E-state index contributed by atoms with van der Waals surface area (Å²) in [6, 6.07) is 9.87. The van der Waals surface area contributed by atoms with E-state index in [9.17, 15) is 4.79 Å². The van der Waals surface area contributed by atoms with Gasteiger partial charge in [0, 0.05) is 36.3 Å². The zero-order valence-electron chi connectivity index (χ0n) is 14.0. The summed E-state index contributed by atoms with van der Waals surface area (Å²) in [6.45, 7) is 4.34. The summed E-state index contributed by atoms with van der Waals surface area (Å²) in [5, 5.41) is 2.66. The lowest BCUT2D eigenvalue weighted by Crippen LogP contribution is -2.51. The summed E-state index contributed by atoms with van der Waals surface area (Å²) in [4.78, 5) is 18.1. The van der Waals surface area contributed by atoms with Crippen molar-refractivity contribution in [2.75, 3.05) is 26.2 Å². The fourth-order valence-corrected chi connectivity index (χ4v) is 4.66. The number of benzene rings is 1. The maximum Gasteiger partial charge on any atom is 0.264 e. The fourth-order valence-electron chi connectivity index (χ4n) is 3.62. The largest absolute Gasteiger partial charge is 0.489 e. The van der Waals surface area contributed by atoms with Crippen LogP contribution < -0.4 is 4.74 Å². The molecule has 1 amide bonds. The molecule has 1 aromatic carbocycles. The van der Waals surface area contributed by atoms with Crippen molar-refractivity contribution >= 4 is 28.8 Å². The molecule has 6 heteroatoms. The van der Waals surface area contributed by atoms with E-state index in [4.69, 9.17) is 16.3 Å². The number of halogens is 1. The van der Waals surface area contributed by atoms with Crippen LogP contribution in [0.1, 0.15) is 28.1 Å². The molecule has 2 saturated heterocycles. The number of fused-ring (bicyclic) bond motifs is 1. The van der Waals surface area contributed by atoms with E-state index in [-0.39, 0.29) is 5.91 Å². The first-order chi connectivity index (χ1) is 12.2. The van der Waals surface area contributed by atoms with Gasteiger partial charge in [-0.05, 0) is 49.0 Å². The van der Waals surface area contributed by atoms with E-state index < -0.39 is 0 Å². The third kappa shape index (κ3) is 3.84. The van der Waals surface area contributed by atoms with E-state index in [0.29, 0.717) is 17.7 Å². The summed E-state index contributed by atoms with van der Waals surface area (Å²) < 4.78 is 5.76. The van der Waals surface area contributed by atoms with Crippen molar-refractivity contribution in [2.45, 2.75) is 25.5 Å². The molecule has 1 aromatic heterocycles. The Labute approximate surface area is 156 Å². The van der Waals surface area contributed by atoms with Crippen molar-refractivity contribution in [1.29, 1.82) is 0 Å². The molecule has 0 bridgehead atoms. The van der Waals surface area contributed by atoms with Gasteiger partial charge in [-0.15, -0.1) is 11.3 Å². The number of thiophene rings is 1. The average Bonchev–Trinajstić information content (AvgIpc) is 3.28. The second kappa shape index (κ2) is 7.36. The lowest BCUT2D eigenvalue weighted by molar-refractivity contribution is 0.0576. The summed E-state index contributed by atoms with van der Waals surface area (Å²) in [7, 11) is 0. The van der Waals surface area contributed by atoms with Crippen LogP contribution in [-0.4, -0.2) is 47.9 Å². The molecule has 0 radical (unpaired) electrons. The Morgan fingerprint density at radius 2 is 2.20 bits per heavy atom. The van der Waals surface area contributed by atoms with Crippen molar-refractivity contribution < 1.29 is 9.53 Å². The van der Waals surface area contributed by atoms with E-state index >= 15 is 0 Å². The minimum atomic E-state index is 0.158. The van der Waals surface area contributed by atoms with Crippen molar-refractivity contribution in [3.63, 3.8) is 0 Å². The highest BCUT2D eigenvalue weighted by atomic mass is 35.5. The number of piperazine rings is 1. The van der Waals surface area contributed by atoms with Gasteiger partial charge in [0.25, 0.3) is 5.91 Å². The van der Waals surface area contributed by atoms with Gasteiger partial charge in [0.1, 0.15) is 12.4 Å². The zero-order chi connectivity index (χ0) is 17.2. The number of ether oxygens (including phenoxy) is 1. The molecule has 0 spiro atoms. The highest BCUT2D eigenvalue weighted by molar-refractivity contribution is 7.12. The minimum Gasteiger partial charge on any atom is -0.489 e. The van der Waals surface area contributed by atoms with E-state index in [0.717, 1.165) is 35.8 Å². The monoisotopic (exact) mass is 376 g/mol. The van der Waals surface area contributed by atoms with Crippen LogP contribution in [0.2, 0.25) is 5.02 Å². The predicted molar refractivity (Wildman–Crippen MR) is 101 cm³/mol. The minimum absolute atomic E-state index is 0.158. The predicted octanol–water partition coefficient (Wildman–Crippen LogP) is 3.90. The maximum absolute atomic E-state index is 12.8. The summed E-state index contributed by atoms with van der Waals surface area (Å²) in [6.07, 6.45) is 2.48. The molecule has 2 aromatic rings. The number of carbonyl (C=O) groups is 1. The van der Waals surface area contributed by atoms with Gasteiger partial charge in [-0.3, -0.25) is 9.69 Å². The maximum atomic E-state index is 12.8. The smallest absolute Gasteiger partial charge is 0.264 e. The topological polar surface area (TPSA) is 32.8 Å². The van der Waals surface area contributed by atoms with Gasteiger partial charge in [-0.2, -0.15) is 0 Å². The number of amides is 1. The Morgan fingerprint density at radius 3 is 3.08 bits per heavy atom. The second-order valence-corrected chi connectivity index (χ2v) is 8.00. The molecule has 2 aliphatic rings. The molecule has 2 fully saturated rings. The van der Waals surface area contributed by atoms with Gasteiger partial charge in [0.2, 0.25) is 0 Å². The fraction of sp³-hybridized carbons (Fsp3) is 0.421. The standard InChI is InChI=1S/C19H21ClN2O2S/c20-15-3-1-5-17(10-15)24-12-14-9-18(25-13-14)19(23)22-8-7-21-6-2-4-16(21)11-22/h1,3,5,9-10,13,16H,2,4,6-8,11-12H2. The summed E-state index contributed by atoms with van der Waals surface area (Å²) in [5.41, 5.74) is 1.02. The Morgan fingerprint density at radius 1 is 1.28 bits per heavy atom. The Balaban J connectivity index is 1.36. The van der Waals surface area contributed by atoms with Crippen LogP contribution in [0.3, 0.4) is 0 Å². The number of hydrogen-bond acceptors (Lipinski definition) is 4. The molecule has 132 valence electrons. The normalized spacial score (nSPS) is 20.5. The third-order valence-corrected chi connectivity index (χ3v) is 6.14. The van der Waals surface area contributed by atoms with Gasteiger partial charge >= 0.3 is 0 Å². The van der Waals surface area contributed by atoms with Crippen molar-refractivity contribution in [3.8, 4) is 5.75 Å². The highest BCUT2D eigenvalue weighted by Gasteiger charge is 2.33. The van der Waals surface area contributed by atoms with E-state index in [1.807, 2.05) is 34.5 Å². The molecule has 1 unspecified atom stereocenters. The SMILES string of the molecule is O=C(c1cc(COc2cccc(Cl)c2)cs1)N1CCN2CCCC2C1. The number of carbonyl (C=O) groups excluding carboxylic acids is 1. The molecule has 1 atom stereocenters. The average molecular weight is 377 g/mol. The van der Waals surface area contributed by atoms with Crippen LogP contribution >= 0.6 is 22.9 Å². The molecule has 0 saturated carbocycles. The van der Waals surface area contributed by atoms with Crippen LogP contribution in [-0.2, 0) is 6.61 Å². The van der Waals surface area contributed by atoms with Crippen LogP contribution in [0.25, 0.3) is 0 Å². The lowest BCUT2D eigenvalue weighted by Gasteiger charge is -2.37. The molecular weight excluding hydrogens is 356 g/mol. The van der Waals surface area contributed by atoms with Crippen LogP contribution in [0.5, 0.6) is 5.75 Å². The van der Waals surface area contributed by atoms with Gasteiger partial charge in [-0.25, -0.2) is 0 Å². The Hall–Kier alpha value is -1.56. The van der Waals surface area contributed by atoms with E-state index in [2.05, 4.69) is 4.90 Å². The first-order valence-corrected chi connectivity index (χ1v) is 9.94. The van der Waals surface area contributed by atoms with Crippen LogP contribution in [0.15, 0.2) is 35.7 Å². The quantitative estimate of drug-likeness (QED) is 0.811. The molecular formula is C19H21ClN2O2S. The number of hydrogen-bond donors (Lipinski definition) is 0. The number of rotatable bonds is 4.